The molecular weight excluding hydrogens is 504 g/mol. The molecule has 0 aromatic carbocycles. The van der Waals surface area contributed by atoms with Crippen molar-refractivity contribution in [3.05, 3.63) is 0 Å². The highest BCUT2D eigenvalue weighted by Gasteiger charge is 2.21. The topological polar surface area (TPSA) is 40.6 Å². The van der Waals surface area contributed by atoms with Gasteiger partial charge >= 0.3 is 0 Å². The lowest BCUT2D eigenvalue weighted by atomic mass is 9.98. The van der Waals surface area contributed by atoms with Gasteiger partial charge in [0, 0.05) is 39.0 Å². The SMILES string of the molecule is CCCCCCCCN(CC(CC)CCCC)C(=O)CCCC(=O)N(CCCCCCCC)CC(CC)CCCC. The average molecular weight is 579 g/mol. The summed E-state index contributed by atoms with van der Waals surface area (Å²) in [5.74, 6) is 1.75. The maximum absolute atomic E-state index is 13.4. The van der Waals surface area contributed by atoms with Gasteiger partial charge in [0.25, 0.3) is 0 Å². The highest BCUT2D eigenvalue weighted by Crippen LogP contribution is 2.19. The molecule has 2 amide bonds. The number of hydrogen-bond acceptors (Lipinski definition) is 2. The normalized spacial score (nSPS) is 12.8. The number of nitrogens with zero attached hydrogens (tertiary/aromatic N) is 2. The number of amides is 2. The van der Waals surface area contributed by atoms with E-state index in [0.717, 1.165) is 51.9 Å². The molecule has 0 bridgehead atoms. The number of carbonyl (C=O) groups excluding carboxylic acids is 2. The summed E-state index contributed by atoms with van der Waals surface area (Å²) in [6, 6.07) is 0. The minimum absolute atomic E-state index is 0.276. The first-order chi connectivity index (χ1) is 20.0. The predicted molar refractivity (Wildman–Crippen MR) is 180 cm³/mol. The van der Waals surface area contributed by atoms with E-state index >= 15 is 0 Å². The summed E-state index contributed by atoms with van der Waals surface area (Å²) in [6.45, 7) is 17.2. The fourth-order valence-corrected chi connectivity index (χ4v) is 5.97. The molecule has 0 saturated heterocycles. The molecule has 0 N–H and O–H groups in total. The number of unbranched alkanes of at least 4 members (excludes halogenated alkanes) is 12. The van der Waals surface area contributed by atoms with Crippen molar-refractivity contribution >= 4 is 11.8 Å². The summed E-state index contributed by atoms with van der Waals surface area (Å²) >= 11 is 0. The summed E-state index contributed by atoms with van der Waals surface area (Å²) in [7, 11) is 0. The number of hydrogen-bond donors (Lipinski definition) is 0. The fraction of sp³-hybridized carbons (Fsp3) is 0.946. The van der Waals surface area contributed by atoms with Gasteiger partial charge in [-0.2, -0.15) is 0 Å². The second-order valence-corrected chi connectivity index (χ2v) is 12.9. The van der Waals surface area contributed by atoms with E-state index in [2.05, 4.69) is 51.3 Å². The van der Waals surface area contributed by atoms with Crippen LogP contribution in [0.1, 0.15) is 189 Å². The number of carbonyl (C=O) groups is 2. The molecule has 0 aliphatic carbocycles. The van der Waals surface area contributed by atoms with Gasteiger partial charge in [0.15, 0.2) is 0 Å². The maximum Gasteiger partial charge on any atom is 0.222 e. The van der Waals surface area contributed by atoms with Gasteiger partial charge in [0.2, 0.25) is 11.8 Å². The lowest BCUT2D eigenvalue weighted by molar-refractivity contribution is -0.133. The molecule has 0 aliphatic rings. The van der Waals surface area contributed by atoms with Gasteiger partial charge in [-0.15, -0.1) is 0 Å². The van der Waals surface area contributed by atoms with Crippen LogP contribution < -0.4 is 0 Å². The fourth-order valence-electron chi connectivity index (χ4n) is 5.97. The van der Waals surface area contributed by atoms with E-state index in [1.807, 2.05) is 0 Å². The smallest absolute Gasteiger partial charge is 0.222 e. The van der Waals surface area contributed by atoms with Crippen LogP contribution in [0.4, 0.5) is 0 Å². The minimum atomic E-state index is 0.276. The Bertz CT molecular complexity index is 543. The van der Waals surface area contributed by atoms with E-state index < -0.39 is 0 Å². The zero-order valence-electron chi connectivity index (χ0n) is 29.0. The predicted octanol–water partition coefficient (Wildman–Crippen LogP) is 11.0. The Balaban J connectivity index is 5.02. The summed E-state index contributed by atoms with van der Waals surface area (Å²) in [5, 5.41) is 0. The Morgan fingerprint density at radius 3 is 1.12 bits per heavy atom. The third-order valence-electron chi connectivity index (χ3n) is 9.09. The van der Waals surface area contributed by atoms with Crippen LogP contribution in [0.5, 0.6) is 0 Å². The third kappa shape index (κ3) is 22.2. The van der Waals surface area contributed by atoms with Gasteiger partial charge in [0.1, 0.15) is 0 Å². The first kappa shape index (κ1) is 39.9. The van der Waals surface area contributed by atoms with Crippen LogP contribution in [0.2, 0.25) is 0 Å². The molecule has 0 saturated carbocycles. The van der Waals surface area contributed by atoms with E-state index in [1.54, 1.807) is 0 Å². The van der Waals surface area contributed by atoms with Gasteiger partial charge in [-0.25, -0.2) is 0 Å². The van der Waals surface area contributed by atoms with Crippen LogP contribution in [0.25, 0.3) is 0 Å². The molecule has 2 unspecified atom stereocenters. The lowest BCUT2D eigenvalue weighted by Crippen LogP contribution is -2.37. The van der Waals surface area contributed by atoms with Crippen molar-refractivity contribution in [2.45, 2.75) is 189 Å². The standard InChI is InChI=1S/C37H74N2O2/c1-7-13-17-19-21-23-30-38(32-34(11-5)26-15-9-3)36(40)28-25-29-37(41)39(31-24-22-20-18-14-8-2)33-35(12-6)27-16-10-4/h34-35H,7-33H2,1-6H3. The molecule has 0 heterocycles. The van der Waals surface area contributed by atoms with Gasteiger partial charge in [-0.3, -0.25) is 9.59 Å². The largest absolute Gasteiger partial charge is 0.342 e. The molecule has 0 aliphatic heterocycles. The van der Waals surface area contributed by atoms with E-state index in [4.69, 9.17) is 0 Å². The second kappa shape index (κ2) is 29.0. The monoisotopic (exact) mass is 579 g/mol. The molecule has 0 aromatic heterocycles. The van der Waals surface area contributed by atoms with Crippen LogP contribution in [0.3, 0.4) is 0 Å². The Kier molecular flexibility index (Phi) is 28.3. The quantitative estimate of drug-likeness (QED) is 0.0795. The third-order valence-corrected chi connectivity index (χ3v) is 9.09. The van der Waals surface area contributed by atoms with E-state index in [9.17, 15) is 9.59 Å². The molecule has 41 heavy (non-hydrogen) atoms. The van der Waals surface area contributed by atoms with Crippen molar-refractivity contribution in [2.75, 3.05) is 26.2 Å². The first-order valence-electron chi connectivity index (χ1n) is 18.5. The van der Waals surface area contributed by atoms with Crippen LogP contribution >= 0.6 is 0 Å². The van der Waals surface area contributed by atoms with Gasteiger partial charge in [-0.05, 0) is 43.9 Å². The van der Waals surface area contributed by atoms with Gasteiger partial charge in [-0.1, -0.05) is 144 Å². The molecule has 0 rings (SSSR count). The number of rotatable bonds is 30. The molecular formula is C37H74N2O2. The van der Waals surface area contributed by atoms with Crippen LogP contribution in [0, 0.1) is 11.8 Å². The molecule has 4 nitrogen and oxygen atoms in total. The summed E-state index contributed by atoms with van der Waals surface area (Å²) < 4.78 is 0. The average Bonchev–Trinajstić information content (AvgIpc) is 2.98. The Hall–Kier alpha value is -1.06. The molecule has 244 valence electrons. The van der Waals surface area contributed by atoms with Crippen LogP contribution in [-0.4, -0.2) is 47.8 Å². The van der Waals surface area contributed by atoms with E-state index in [-0.39, 0.29) is 11.8 Å². The van der Waals surface area contributed by atoms with Crippen LogP contribution in [0.15, 0.2) is 0 Å². The van der Waals surface area contributed by atoms with E-state index in [1.165, 1.54) is 103 Å². The van der Waals surface area contributed by atoms with E-state index in [0.29, 0.717) is 31.1 Å². The molecule has 0 fully saturated rings. The summed E-state index contributed by atoms with van der Waals surface area (Å²) in [5.41, 5.74) is 0. The lowest BCUT2D eigenvalue weighted by Gasteiger charge is -2.29. The summed E-state index contributed by atoms with van der Waals surface area (Å²) in [4.78, 5) is 31.2. The zero-order valence-corrected chi connectivity index (χ0v) is 29.0. The van der Waals surface area contributed by atoms with Gasteiger partial charge < -0.3 is 9.80 Å². The Morgan fingerprint density at radius 1 is 0.439 bits per heavy atom. The van der Waals surface area contributed by atoms with Crippen molar-refractivity contribution in [2.24, 2.45) is 11.8 Å². The van der Waals surface area contributed by atoms with Crippen molar-refractivity contribution < 1.29 is 9.59 Å². The van der Waals surface area contributed by atoms with Crippen molar-refractivity contribution in [1.29, 1.82) is 0 Å². The molecule has 0 spiro atoms. The Morgan fingerprint density at radius 2 is 0.780 bits per heavy atom. The first-order valence-corrected chi connectivity index (χ1v) is 18.5. The highest BCUT2D eigenvalue weighted by molar-refractivity contribution is 5.79. The van der Waals surface area contributed by atoms with Crippen molar-refractivity contribution in [3.8, 4) is 0 Å². The summed E-state index contributed by atoms with van der Waals surface area (Å²) in [6.07, 6.45) is 26.4. The van der Waals surface area contributed by atoms with Crippen LogP contribution in [-0.2, 0) is 9.59 Å². The molecule has 0 radical (unpaired) electrons. The minimum Gasteiger partial charge on any atom is -0.342 e. The molecule has 0 aromatic rings. The molecule has 2 atom stereocenters. The zero-order chi connectivity index (χ0) is 30.6. The van der Waals surface area contributed by atoms with Crippen molar-refractivity contribution in [3.63, 3.8) is 0 Å². The Labute approximate surface area is 258 Å². The maximum atomic E-state index is 13.4. The van der Waals surface area contributed by atoms with Crippen molar-refractivity contribution in [1.82, 2.24) is 9.80 Å². The second-order valence-electron chi connectivity index (χ2n) is 12.9. The van der Waals surface area contributed by atoms with Gasteiger partial charge in [0.05, 0.1) is 0 Å². The highest BCUT2D eigenvalue weighted by atomic mass is 16.2. The molecule has 4 heteroatoms.